The second-order valence-corrected chi connectivity index (χ2v) is 6.37. The standard InChI is InChI=1S/C22H17N3O4/c26-19(17-9-8-15-5-1-2-6-16(15)13-17)14-28-21(27)11-10-20-24-22(25-29-20)18-7-3-4-12-23-18/h1-9,12-13H,10-11,14H2. The first kappa shape index (κ1) is 18.5. The number of nitrogens with zero attached hydrogens (tertiary/aromatic N) is 3. The first-order valence-electron chi connectivity index (χ1n) is 9.11. The Balaban J connectivity index is 1.28. The van der Waals surface area contributed by atoms with Gasteiger partial charge in [0.15, 0.2) is 12.4 Å². The van der Waals surface area contributed by atoms with Crippen LogP contribution in [-0.2, 0) is 16.0 Å². The summed E-state index contributed by atoms with van der Waals surface area (Å²) in [4.78, 5) is 32.6. The summed E-state index contributed by atoms with van der Waals surface area (Å²) in [6.07, 6.45) is 1.90. The van der Waals surface area contributed by atoms with Crippen molar-refractivity contribution in [1.82, 2.24) is 15.1 Å². The van der Waals surface area contributed by atoms with Gasteiger partial charge in [-0.15, -0.1) is 0 Å². The van der Waals surface area contributed by atoms with Crippen LogP contribution >= 0.6 is 0 Å². The maximum atomic E-state index is 12.3. The van der Waals surface area contributed by atoms with E-state index in [0.29, 0.717) is 23.0 Å². The maximum Gasteiger partial charge on any atom is 0.306 e. The summed E-state index contributed by atoms with van der Waals surface area (Å²) in [5, 5.41) is 5.86. The average Bonchev–Trinajstić information content (AvgIpc) is 3.25. The molecular weight excluding hydrogens is 370 g/mol. The topological polar surface area (TPSA) is 95.2 Å². The number of hydrogen-bond donors (Lipinski definition) is 0. The van der Waals surface area contributed by atoms with Gasteiger partial charge in [-0.25, -0.2) is 0 Å². The van der Waals surface area contributed by atoms with E-state index in [9.17, 15) is 9.59 Å². The zero-order chi connectivity index (χ0) is 20.1. The molecule has 0 radical (unpaired) electrons. The van der Waals surface area contributed by atoms with E-state index < -0.39 is 5.97 Å². The molecule has 0 saturated heterocycles. The first-order valence-corrected chi connectivity index (χ1v) is 9.11. The van der Waals surface area contributed by atoms with Gasteiger partial charge in [0.2, 0.25) is 11.7 Å². The number of pyridine rings is 1. The van der Waals surface area contributed by atoms with Crippen molar-refractivity contribution < 1.29 is 18.8 Å². The highest BCUT2D eigenvalue weighted by Gasteiger charge is 2.14. The number of rotatable bonds is 7. The van der Waals surface area contributed by atoms with Crippen LogP contribution in [0.1, 0.15) is 22.7 Å². The molecule has 0 bridgehead atoms. The summed E-state index contributed by atoms with van der Waals surface area (Å²) in [6.45, 7) is -0.305. The third-order valence-electron chi connectivity index (χ3n) is 4.34. The van der Waals surface area contributed by atoms with Crippen LogP contribution in [0.15, 0.2) is 71.4 Å². The Morgan fingerprint density at radius 1 is 0.966 bits per heavy atom. The van der Waals surface area contributed by atoms with Gasteiger partial charge >= 0.3 is 5.97 Å². The lowest BCUT2D eigenvalue weighted by molar-refractivity contribution is -0.142. The molecule has 144 valence electrons. The molecule has 0 amide bonds. The number of carbonyl (C=O) groups excluding carboxylic acids is 2. The summed E-state index contributed by atoms with van der Waals surface area (Å²) in [5.41, 5.74) is 1.10. The van der Waals surface area contributed by atoms with Crippen LogP contribution in [0, 0.1) is 0 Å². The molecule has 0 spiro atoms. The van der Waals surface area contributed by atoms with E-state index in [1.807, 2.05) is 36.4 Å². The zero-order valence-corrected chi connectivity index (χ0v) is 15.4. The molecule has 2 aromatic heterocycles. The Bertz CT molecular complexity index is 1150. The van der Waals surface area contributed by atoms with Crippen molar-refractivity contribution in [3.05, 3.63) is 78.3 Å². The molecule has 4 aromatic rings. The molecule has 7 heteroatoms. The van der Waals surface area contributed by atoms with E-state index in [2.05, 4.69) is 15.1 Å². The number of carbonyl (C=O) groups is 2. The van der Waals surface area contributed by atoms with E-state index in [1.54, 1.807) is 30.5 Å². The highest BCUT2D eigenvalue weighted by molar-refractivity contribution is 6.01. The van der Waals surface area contributed by atoms with Gasteiger partial charge in [0.1, 0.15) is 5.69 Å². The lowest BCUT2D eigenvalue weighted by Gasteiger charge is -2.05. The van der Waals surface area contributed by atoms with Crippen LogP contribution in [0.25, 0.3) is 22.3 Å². The fourth-order valence-electron chi connectivity index (χ4n) is 2.83. The lowest BCUT2D eigenvalue weighted by Crippen LogP contribution is -2.14. The van der Waals surface area contributed by atoms with E-state index in [-0.39, 0.29) is 25.2 Å². The van der Waals surface area contributed by atoms with Gasteiger partial charge < -0.3 is 9.26 Å². The smallest absolute Gasteiger partial charge is 0.306 e. The molecule has 0 aliphatic rings. The van der Waals surface area contributed by atoms with Crippen molar-refractivity contribution in [1.29, 1.82) is 0 Å². The van der Waals surface area contributed by atoms with Gasteiger partial charge in [0.05, 0.1) is 6.42 Å². The number of benzene rings is 2. The molecule has 0 aliphatic carbocycles. The monoisotopic (exact) mass is 387 g/mol. The number of Topliss-reactive ketones (excluding diaryl/α,β-unsaturated/α-hetero) is 1. The zero-order valence-electron chi connectivity index (χ0n) is 15.4. The summed E-state index contributed by atoms with van der Waals surface area (Å²) >= 11 is 0. The van der Waals surface area contributed by atoms with Crippen molar-refractivity contribution in [2.75, 3.05) is 6.61 Å². The minimum Gasteiger partial charge on any atom is -0.457 e. The van der Waals surface area contributed by atoms with Crippen molar-refractivity contribution in [2.45, 2.75) is 12.8 Å². The predicted octanol–water partition coefficient (Wildman–Crippen LogP) is 3.64. The van der Waals surface area contributed by atoms with E-state index >= 15 is 0 Å². The van der Waals surface area contributed by atoms with Crippen molar-refractivity contribution in [2.24, 2.45) is 0 Å². The largest absolute Gasteiger partial charge is 0.457 e. The average molecular weight is 387 g/mol. The fraction of sp³-hybridized carbons (Fsp3) is 0.136. The number of esters is 1. The third kappa shape index (κ3) is 4.52. The molecule has 0 N–H and O–H groups in total. The van der Waals surface area contributed by atoms with Crippen molar-refractivity contribution in [3.8, 4) is 11.5 Å². The Labute approximate surface area is 166 Å². The highest BCUT2D eigenvalue weighted by Crippen LogP contribution is 2.16. The van der Waals surface area contributed by atoms with Gasteiger partial charge in [0.25, 0.3) is 0 Å². The highest BCUT2D eigenvalue weighted by atomic mass is 16.5. The fourth-order valence-corrected chi connectivity index (χ4v) is 2.83. The molecule has 29 heavy (non-hydrogen) atoms. The molecule has 7 nitrogen and oxygen atoms in total. The Hall–Kier alpha value is -3.87. The molecule has 0 unspecified atom stereocenters. The van der Waals surface area contributed by atoms with Crippen molar-refractivity contribution >= 4 is 22.5 Å². The molecule has 0 atom stereocenters. The molecule has 0 fully saturated rings. The van der Waals surface area contributed by atoms with E-state index in [4.69, 9.17) is 9.26 Å². The number of aryl methyl sites for hydroxylation is 1. The van der Waals surface area contributed by atoms with Gasteiger partial charge in [-0.3, -0.25) is 14.6 Å². The van der Waals surface area contributed by atoms with Crippen LogP contribution in [0.5, 0.6) is 0 Å². The quantitative estimate of drug-likeness (QED) is 0.353. The summed E-state index contributed by atoms with van der Waals surface area (Å²) in [5.74, 6) is -0.0834. The lowest BCUT2D eigenvalue weighted by atomic mass is 10.0. The van der Waals surface area contributed by atoms with Crippen LogP contribution in [0.2, 0.25) is 0 Å². The van der Waals surface area contributed by atoms with Crippen LogP contribution < -0.4 is 0 Å². The first-order chi connectivity index (χ1) is 14.2. The number of ketones is 1. The number of ether oxygens (including phenoxy) is 1. The van der Waals surface area contributed by atoms with Gasteiger partial charge in [-0.05, 0) is 29.0 Å². The minimum absolute atomic E-state index is 0.0366. The van der Waals surface area contributed by atoms with Gasteiger partial charge in [0, 0.05) is 18.2 Å². The van der Waals surface area contributed by atoms with Crippen LogP contribution in [0.3, 0.4) is 0 Å². The van der Waals surface area contributed by atoms with Crippen LogP contribution in [-0.4, -0.2) is 33.5 Å². The van der Waals surface area contributed by atoms with Gasteiger partial charge in [-0.2, -0.15) is 4.98 Å². The summed E-state index contributed by atoms with van der Waals surface area (Å²) in [6, 6.07) is 18.5. The number of aromatic nitrogens is 3. The molecule has 2 heterocycles. The molecular formula is C22H17N3O4. The Kier molecular flexibility index (Phi) is 5.38. The van der Waals surface area contributed by atoms with E-state index in [1.165, 1.54) is 0 Å². The number of fused-ring (bicyclic) bond motifs is 1. The normalized spacial score (nSPS) is 10.8. The Morgan fingerprint density at radius 2 is 1.79 bits per heavy atom. The summed E-state index contributed by atoms with van der Waals surface area (Å²) < 4.78 is 10.2. The number of hydrogen-bond acceptors (Lipinski definition) is 7. The predicted molar refractivity (Wildman–Crippen MR) is 105 cm³/mol. The third-order valence-corrected chi connectivity index (χ3v) is 4.34. The molecule has 4 rings (SSSR count). The molecule has 0 saturated carbocycles. The summed E-state index contributed by atoms with van der Waals surface area (Å²) in [7, 11) is 0. The van der Waals surface area contributed by atoms with Crippen molar-refractivity contribution in [3.63, 3.8) is 0 Å². The molecule has 2 aromatic carbocycles. The van der Waals surface area contributed by atoms with Crippen LogP contribution in [0.4, 0.5) is 0 Å². The maximum absolute atomic E-state index is 12.3. The second-order valence-electron chi connectivity index (χ2n) is 6.37. The Morgan fingerprint density at radius 3 is 2.62 bits per heavy atom. The minimum atomic E-state index is -0.503. The molecule has 0 aliphatic heterocycles. The van der Waals surface area contributed by atoms with Gasteiger partial charge in [-0.1, -0.05) is 47.6 Å². The van der Waals surface area contributed by atoms with E-state index in [0.717, 1.165) is 10.8 Å². The SMILES string of the molecule is O=C(CCc1nc(-c2ccccn2)no1)OCC(=O)c1ccc2ccccc2c1. The second kappa shape index (κ2) is 8.43.